The van der Waals surface area contributed by atoms with Gasteiger partial charge < -0.3 is 13.9 Å². The molecule has 3 aromatic rings. The number of benzene rings is 2. The van der Waals surface area contributed by atoms with Gasteiger partial charge in [0.15, 0.2) is 0 Å². The topological polar surface area (TPSA) is 94.8 Å². The average Bonchev–Trinajstić information content (AvgIpc) is 2.65. The summed E-state index contributed by atoms with van der Waals surface area (Å²) in [5.41, 5.74) is 2.97. The van der Waals surface area contributed by atoms with Gasteiger partial charge >= 0.3 is 17.7 Å². The Labute approximate surface area is 167 Å². The van der Waals surface area contributed by atoms with Crippen molar-refractivity contribution in [2.75, 3.05) is 11.9 Å². The lowest BCUT2D eigenvalue weighted by molar-refractivity contribution is 0.0473. The second-order valence-electron chi connectivity index (χ2n) is 6.54. The molecule has 0 bridgehead atoms. The van der Waals surface area contributed by atoms with Crippen LogP contribution < -0.4 is 10.9 Å². The van der Waals surface area contributed by atoms with E-state index in [4.69, 9.17) is 13.9 Å². The summed E-state index contributed by atoms with van der Waals surface area (Å²) in [7, 11) is 0. The van der Waals surface area contributed by atoms with Crippen LogP contribution in [-0.2, 0) is 16.1 Å². The first-order chi connectivity index (χ1) is 13.9. The normalized spacial score (nSPS) is 10.6. The van der Waals surface area contributed by atoms with Gasteiger partial charge in [-0.15, -0.1) is 0 Å². The molecule has 0 aliphatic carbocycles. The van der Waals surface area contributed by atoms with E-state index in [9.17, 15) is 14.4 Å². The summed E-state index contributed by atoms with van der Waals surface area (Å²) in [5.74, 6) is -0.468. The molecule has 0 spiro atoms. The molecule has 3 rings (SSSR count). The molecule has 7 heteroatoms. The Morgan fingerprint density at radius 3 is 2.55 bits per heavy atom. The summed E-state index contributed by atoms with van der Waals surface area (Å²) in [6.45, 7) is 5.64. The molecule has 0 saturated carbocycles. The number of esters is 1. The van der Waals surface area contributed by atoms with Crippen LogP contribution >= 0.6 is 0 Å². The van der Waals surface area contributed by atoms with Gasteiger partial charge in [-0.2, -0.15) is 0 Å². The van der Waals surface area contributed by atoms with Crippen LogP contribution in [0.1, 0.15) is 34.0 Å². The van der Waals surface area contributed by atoms with E-state index in [0.29, 0.717) is 22.2 Å². The van der Waals surface area contributed by atoms with Crippen molar-refractivity contribution in [3.05, 3.63) is 75.1 Å². The summed E-state index contributed by atoms with van der Waals surface area (Å²) in [5, 5.41) is 3.15. The Kier molecular flexibility index (Phi) is 5.97. The number of nitrogens with one attached hydrogen (secondary N) is 1. The zero-order valence-corrected chi connectivity index (χ0v) is 16.4. The highest BCUT2D eigenvalue weighted by molar-refractivity contribution is 5.92. The Hall–Kier alpha value is -3.61. The van der Waals surface area contributed by atoms with Crippen molar-refractivity contribution < 1.29 is 23.5 Å². The standard InChI is InChI=1S/C22H21NO6/c1-4-27-22(26)23-16-6-8-18-15(10-20(24)29-19(18)11-16)12-28-21(25)17-7-5-13(2)9-14(17)3/h5-11H,4,12H2,1-3H3,(H,23,26). The molecule has 2 aromatic carbocycles. The van der Waals surface area contributed by atoms with Crippen molar-refractivity contribution in [1.29, 1.82) is 0 Å². The maximum atomic E-state index is 12.4. The molecule has 1 N–H and O–H groups in total. The fraction of sp³-hybridized carbons (Fsp3) is 0.227. The van der Waals surface area contributed by atoms with Crippen molar-refractivity contribution >= 4 is 28.7 Å². The first kappa shape index (κ1) is 20.1. The lowest BCUT2D eigenvalue weighted by Gasteiger charge is -2.10. The molecule has 1 amide bonds. The molecular weight excluding hydrogens is 374 g/mol. The highest BCUT2D eigenvalue weighted by atomic mass is 16.5. The number of amides is 1. The third-order valence-corrected chi connectivity index (χ3v) is 4.31. The predicted octanol–water partition coefficient (Wildman–Crippen LogP) is 4.34. The third kappa shape index (κ3) is 4.82. The summed E-state index contributed by atoms with van der Waals surface area (Å²) >= 11 is 0. The number of carbonyl (C=O) groups is 2. The Morgan fingerprint density at radius 2 is 1.83 bits per heavy atom. The maximum absolute atomic E-state index is 12.4. The van der Waals surface area contributed by atoms with Crippen LogP contribution in [0.5, 0.6) is 0 Å². The van der Waals surface area contributed by atoms with Gasteiger partial charge in [0.1, 0.15) is 12.2 Å². The molecule has 0 saturated heterocycles. The number of aryl methyl sites for hydroxylation is 2. The van der Waals surface area contributed by atoms with Crippen LogP contribution in [0.3, 0.4) is 0 Å². The fourth-order valence-electron chi connectivity index (χ4n) is 2.98. The van der Waals surface area contributed by atoms with Crippen molar-refractivity contribution in [1.82, 2.24) is 0 Å². The number of rotatable bonds is 5. The highest BCUT2D eigenvalue weighted by Crippen LogP contribution is 2.23. The quantitative estimate of drug-likeness (QED) is 0.510. The Bertz CT molecular complexity index is 1130. The molecule has 0 aliphatic heterocycles. The molecule has 0 atom stereocenters. The smallest absolute Gasteiger partial charge is 0.411 e. The number of carbonyl (C=O) groups excluding carboxylic acids is 2. The minimum absolute atomic E-state index is 0.0844. The molecule has 7 nitrogen and oxygen atoms in total. The van der Waals surface area contributed by atoms with E-state index >= 15 is 0 Å². The van der Waals surface area contributed by atoms with E-state index in [0.717, 1.165) is 11.1 Å². The van der Waals surface area contributed by atoms with Crippen molar-refractivity contribution in [2.24, 2.45) is 0 Å². The number of anilines is 1. The first-order valence-corrected chi connectivity index (χ1v) is 9.12. The SMILES string of the molecule is CCOC(=O)Nc1ccc2c(COC(=O)c3ccc(C)cc3C)cc(=O)oc2c1. The van der Waals surface area contributed by atoms with Gasteiger partial charge in [0, 0.05) is 28.8 Å². The molecule has 0 unspecified atom stereocenters. The number of ether oxygens (including phenoxy) is 2. The van der Waals surface area contributed by atoms with Crippen LogP contribution in [0.4, 0.5) is 10.5 Å². The van der Waals surface area contributed by atoms with Gasteiger partial charge in [-0.1, -0.05) is 17.7 Å². The van der Waals surface area contributed by atoms with E-state index in [1.165, 1.54) is 12.1 Å². The van der Waals surface area contributed by atoms with Gasteiger partial charge in [0.25, 0.3) is 0 Å². The minimum Gasteiger partial charge on any atom is -0.457 e. The molecule has 0 radical (unpaired) electrons. The van der Waals surface area contributed by atoms with E-state index in [1.54, 1.807) is 25.1 Å². The molecule has 0 fully saturated rings. The highest BCUT2D eigenvalue weighted by Gasteiger charge is 2.13. The van der Waals surface area contributed by atoms with Crippen LogP contribution in [0.2, 0.25) is 0 Å². The van der Waals surface area contributed by atoms with Crippen molar-refractivity contribution in [2.45, 2.75) is 27.4 Å². The summed E-state index contributed by atoms with van der Waals surface area (Å²) in [4.78, 5) is 35.9. The molecule has 29 heavy (non-hydrogen) atoms. The van der Waals surface area contributed by atoms with E-state index in [1.807, 2.05) is 26.0 Å². The summed E-state index contributed by atoms with van der Waals surface area (Å²) in [6, 6.07) is 11.6. The van der Waals surface area contributed by atoms with Gasteiger partial charge in [0.05, 0.1) is 12.2 Å². The number of hydrogen-bond donors (Lipinski definition) is 1. The Morgan fingerprint density at radius 1 is 1.03 bits per heavy atom. The fourth-order valence-corrected chi connectivity index (χ4v) is 2.98. The second-order valence-corrected chi connectivity index (χ2v) is 6.54. The summed E-state index contributed by atoms with van der Waals surface area (Å²) < 4.78 is 15.5. The van der Waals surface area contributed by atoms with E-state index in [-0.39, 0.29) is 18.8 Å². The van der Waals surface area contributed by atoms with E-state index in [2.05, 4.69) is 5.32 Å². The van der Waals surface area contributed by atoms with Crippen LogP contribution in [0.25, 0.3) is 11.0 Å². The minimum atomic E-state index is -0.604. The first-order valence-electron chi connectivity index (χ1n) is 9.12. The molecule has 1 aromatic heterocycles. The summed E-state index contributed by atoms with van der Waals surface area (Å²) in [6.07, 6.45) is -0.604. The maximum Gasteiger partial charge on any atom is 0.411 e. The predicted molar refractivity (Wildman–Crippen MR) is 108 cm³/mol. The Balaban J connectivity index is 1.82. The zero-order valence-electron chi connectivity index (χ0n) is 16.4. The molecule has 150 valence electrons. The van der Waals surface area contributed by atoms with Crippen molar-refractivity contribution in [3.8, 4) is 0 Å². The zero-order chi connectivity index (χ0) is 21.0. The molecular formula is C22H21NO6. The van der Waals surface area contributed by atoms with Crippen molar-refractivity contribution in [3.63, 3.8) is 0 Å². The monoisotopic (exact) mass is 395 g/mol. The number of hydrogen-bond acceptors (Lipinski definition) is 6. The lowest BCUT2D eigenvalue weighted by atomic mass is 10.1. The van der Waals surface area contributed by atoms with Crippen LogP contribution in [-0.4, -0.2) is 18.7 Å². The van der Waals surface area contributed by atoms with Gasteiger partial charge in [0.2, 0.25) is 0 Å². The van der Waals surface area contributed by atoms with E-state index < -0.39 is 17.7 Å². The third-order valence-electron chi connectivity index (χ3n) is 4.31. The molecule has 0 aliphatic rings. The molecule has 1 heterocycles. The second kappa shape index (κ2) is 8.60. The van der Waals surface area contributed by atoms with Gasteiger partial charge in [-0.25, -0.2) is 14.4 Å². The number of fused-ring (bicyclic) bond motifs is 1. The largest absolute Gasteiger partial charge is 0.457 e. The van der Waals surface area contributed by atoms with Gasteiger partial charge in [-0.3, -0.25) is 5.32 Å². The van der Waals surface area contributed by atoms with Gasteiger partial charge in [-0.05, 0) is 44.5 Å². The van der Waals surface area contributed by atoms with Crippen LogP contribution in [0, 0.1) is 13.8 Å². The van der Waals surface area contributed by atoms with Crippen LogP contribution in [0.15, 0.2) is 51.7 Å². The average molecular weight is 395 g/mol. The lowest BCUT2D eigenvalue weighted by Crippen LogP contribution is -2.13.